The van der Waals surface area contributed by atoms with Crippen molar-refractivity contribution in [2.45, 2.75) is 11.3 Å². The molecular formula is C19H20Cl2FN3O3S. The van der Waals surface area contributed by atoms with Crippen LogP contribution in [0.2, 0.25) is 10.0 Å². The normalized spacial score (nSPS) is 16.0. The molecule has 0 aromatic heterocycles. The summed E-state index contributed by atoms with van der Waals surface area (Å²) in [6.07, 6.45) is 0.170. The van der Waals surface area contributed by atoms with E-state index in [1.165, 1.54) is 28.6 Å². The van der Waals surface area contributed by atoms with E-state index in [4.69, 9.17) is 23.2 Å². The molecular weight excluding hydrogens is 440 g/mol. The predicted molar refractivity (Wildman–Crippen MR) is 111 cm³/mol. The van der Waals surface area contributed by atoms with Crippen molar-refractivity contribution in [1.29, 1.82) is 0 Å². The summed E-state index contributed by atoms with van der Waals surface area (Å²) in [5.74, 6) is -0.911. The number of anilines is 1. The van der Waals surface area contributed by atoms with Crippen LogP contribution in [-0.4, -0.2) is 56.3 Å². The highest BCUT2D eigenvalue weighted by atomic mass is 35.5. The van der Waals surface area contributed by atoms with Crippen molar-refractivity contribution in [1.82, 2.24) is 9.21 Å². The van der Waals surface area contributed by atoms with E-state index in [2.05, 4.69) is 5.32 Å². The molecule has 1 heterocycles. The number of halogens is 3. The maximum atomic E-state index is 13.7. The minimum atomic E-state index is -3.60. The topological polar surface area (TPSA) is 69.7 Å². The number of benzene rings is 2. The highest BCUT2D eigenvalue weighted by molar-refractivity contribution is 7.89. The van der Waals surface area contributed by atoms with Gasteiger partial charge in [0.1, 0.15) is 5.82 Å². The van der Waals surface area contributed by atoms with E-state index in [0.717, 1.165) is 6.07 Å². The number of carbonyl (C=O) groups excluding carboxylic acids is 1. The number of hydrogen-bond donors (Lipinski definition) is 1. The van der Waals surface area contributed by atoms with Gasteiger partial charge in [-0.05, 0) is 36.4 Å². The van der Waals surface area contributed by atoms with E-state index in [1.54, 1.807) is 12.1 Å². The second-order valence-electron chi connectivity index (χ2n) is 6.63. The number of piperazine rings is 1. The zero-order chi connectivity index (χ0) is 21.0. The summed E-state index contributed by atoms with van der Waals surface area (Å²) in [7, 11) is -3.60. The summed E-state index contributed by atoms with van der Waals surface area (Å²) in [5.41, 5.74) is 0.0804. The van der Waals surface area contributed by atoms with Gasteiger partial charge in [-0.3, -0.25) is 4.79 Å². The number of amides is 1. The van der Waals surface area contributed by atoms with Crippen LogP contribution in [0.15, 0.2) is 47.4 Å². The smallest absolute Gasteiger partial charge is 0.243 e. The van der Waals surface area contributed by atoms with E-state index in [-0.39, 0.29) is 27.9 Å². The van der Waals surface area contributed by atoms with E-state index < -0.39 is 15.8 Å². The van der Waals surface area contributed by atoms with Crippen molar-refractivity contribution in [3.63, 3.8) is 0 Å². The fourth-order valence-corrected chi connectivity index (χ4v) is 4.92. The molecule has 10 heteroatoms. The van der Waals surface area contributed by atoms with Gasteiger partial charge in [-0.2, -0.15) is 4.31 Å². The van der Waals surface area contributed by atoms with Gasteiger partial charge in [-0.25, -0.2) is 12.8 Å². The molecule has 0 atom stereocenters. The second-order valence-corrected chi connectivity index (χ2v) is 9.44. The Balaban J connectivity index is 1.49. The largest absolute Gasteiger partial charge is 0.324 e. The number of carbonyl (C=O) groups is 1. The van der Waals surface area contributed by atoms with Crippen LogP contribution >= 0.6 is 23.2 Å². The van der Waals surface area contributed by atoms with Crippen LogP contribution in [0.25, 0.3) is 0 Å². The molecule has 0 radical (unpaired) electrons. The van der Waals surface area contributed by atoms with Crippen LogP contribution in [-0.2, 0) is 14.8 Å². The minimum Gasteiger partial charge on any atom is -0.324 e. The maximum absolute atomic E-state index is 13.7. The van der Waals surface area contributed by atoms with Crippen molar-refractivity contribution in [3.8, 4) is 0 Å². The maximum Gasteiger partial charge on any atom is 0.243 e. The van der Waals surface area contributed by atoms with Crippen LogP contribution in [0.3, 0.4) is 0 Å². The summed E-state index contributed by atoms with van der Waals surface area (Å²) >= 11 is 11.6. The molecule has 6 nitrogen and oxygen atoms in total. The molecule has 0 saturated carbocycles. The lowest BCUT2D eigenvalue weighted by Crippen LogP contribution is -2.49. The monoisotopic (exact) mass is 459 g/mol. The van der Waals surface area contributed by atoms with E-state index >= 15 is 0 Å². The van der Waals surface area contributed by atoms with Gasteiger partial charge in [0.2, 0.25) is 15.9 Å². The molecule has 2 aromatic rings. The lowest BCUT2D eigenvalue weighted by Gasteiger charge is -2.33. The van der Waals surface area contributed by atoms with Crippen molar-refractivity contribution in [2.24, 2.45) is 0 Å². The van der Waals surface area contributed by atoms with Crippen LogP contribution in [0, 0.1) is 5.82 Å². The Hall–Kier alpha value is -1.71. The zero-order valence-electron chi connectivity index (χ0n) is 15.4. The minimum absolute atomic E-state index is 0.0804. The summed E-state index contributed by atoms with van der Waals surface area (Å²) < 4.78 is 40.6. The van der Waals surface area contributed by atoms with Crippen molar-refractivity contribution in [2.75, 3.05) is 38.0 Å². The van der Waals surface area contributed by atoms with Crippen LogP contribution < -0.4 is 5.32 Å². The molecule has 0 bridgehead atoms. The summed E-state index contributed by atoms with van der Waals surface area (Å²) in [6.45, 7) is 2.10. The Morgan fingerprint density at radius 1 is 1.03 bits per heavy atom. The average molecular weight is 460 g/mol. The van der Waals surface area contributed by atoms with E-state index in [1.807, 2.05) is 4.90 Å². The second kappa shape index (κ2) is 9.40. The lowest BCUT2D eigenvalue weighted by molar-refractivity contribution is -0.116. The first kappa shape index (κ1) is 22.0. The molecule has 156 valence electrons. The third-order valence-corrected chi connectivity index (χ3v) is 6.99. The Kier molecular flexibility index (Phi) is 7.13. The van der Waals surface area contributed by atoms with Crippen LogP contribution in [0.1, 0.15) is 6.42 Å². The van der Waals surface area contributed by atoms with E-state index in [9.17, 15) is 17.6 Å². The Morgan fingerprint density at radius 3 is 2.38 bits per heavy atom. The predicted octanol–water partition coefficient (Wildman–Crippen LogP) is 3.47. The van der Waals surface area contributed by atoms with Crippen LogP contribution in [0.5, 0.6) is 0 Å². The molecule has 0 unspecified atom stereocenters. The highest BCUT2D eigenvalue weighted by Crippen LogP contribution is 2.21. The number of sulfonamides is 1. The molecule has 0 spiro atoms. The van der Waals surface area contributed by atoms with Gasteiger partial charge in [0, 0.05) is 49.2 Å². The van der Waals surface area contributed by atoms with Gasteiger partial charge in [0.25, 0.3) is 0 Å². The number of rotatable bonds is 6. The Morgan fingerprint density at radius 2 is 1.72 bits per heavy atom. The van der Waals surface area contributed by atoms with E-state index in [0.29, 0.717) is 37.7 Å². The molecule has 1 aliphatic rings. The van der Waals surface area contributed by atoms with Gasteiger partial charge in [-0.15, -0.1) is 0 Å². The van der Waals surface area contributed by atoms with Gasteiger partial charge >= 0.3 is 0 Å². The molecule has 3 rings (SSSR count). The molecule has 1 aliphatic heterocycles. The average Bonchev–Trinajstić information content (AvgIpc) is 2.69. The molecule has 1 N–H and O–H groups in total. The number of nitrogens with one attached hydrogen (secondary N) is 1. The third-order valence-electron chi connectivity index (χ3n) is 4.63. The molecule has 2 aromatic carbocycles. The SMILES string of the molecule is O=C(CCN1CCN(S(=O)(=O)c2cccc(Cl)c2)CC1)Nc1ccc(Cl)cc1F. The Bertz CT molecular complexity index is 996. The molecule has 1 saturated heterocycles. The fourth-order valence-electron chi connectivity index (χ4n) is 3.03. The zero-order valence-corrected chi connectivity index (χ0v) is 17.8. The van der Waals surface area contributed by atoms with Crippen molar-refractivity contribution >= 4 is 44.8 Å². The van der Waals surface area contributed by atoms with Gasteiger partial charge < -0.3 is 10.2 Å². The Labute approximate surface area is 179 Å². The quantitative estimate of drug-likeness (QED) is 0.717. The standard InChI is InChI=1S/C19H20Cl2FN3O3S/c20-14-2-1-3-16(12-14)29(27,28)25-10-8-24(9-11-25)7-6-19(26)23-18-5-4-15(21)13-17(18)22/h1-5,12-13H,6-11H2,(H,23,26). The first-order chi connectivity index (χ1) is 13.8. The summed E-state index contributed by atoms with van der Waals surface area (Å²) in [5, 5.41) is 3.14. The molecule has 1 amide bonds. The molecule has 0 aliphatic carbocycles. The molecule has 29 heavy (non-hydrogen) atoms. The highest BCUT2D eigenvalue weighted by Gasteiger charge is 2.28. The first-order valence-corrected chi connectivity index (χ1v) is 11.2. The number of hydrogen-bond acceptors (Lipinski definition) is 4. The van der Waals surface area contributed by atoms with Crippen LogP contribution in [0.4, 0.5) is 10.1 Å². The summed E-state index contributed by atoms with van der Waals surface area (Å²) in [4.78, 5) is 14.2. The summed E-state index contributed by atoms with van der Waals surface area (Å²) in [6, 6.07) is 10.2. The van der Waals surface area contributed by atoms with Gasteiger partial charge in [-0.1, -0.05) is 29.3 Å². The number of nitrogens with zero attached hydrogens (tertiary/aromatic N) is 2. The van der Waals surface area contributed by atoms with Gasteiger partial charge in [0.15, 0.2) is 0 Å². The van der Waals surface area contributed by atoms with Gasteiger partial charge in [0.05, 0.1) is 10.6 Å². The third kappa shape index (κ3) is 5.67. The first-order valence-electron chi connectivity index (χ1n) is 8.99. The molecule has 1 fully saturated rings. The lowest BCUT2D eigenvalue weighted by atomic mass is 10.2. The van der Waals surface area contributed by atoms with Crippen molar-refractivity contribution in [3.05, 3.63) is 58.3 Å². The fraction of sp³-hybridized carbons (Fsp3) is 0.316. The van der Waals surface area contributed by atoms with Crippen molar-refractivity contribution < 1.29 is 17.6 Å².